The molecule has 1 saturated heterocycles. The summed E-state index contributed by atoms with van der Waals surface area (Å²) in [6.45, 7) is 3.93. The van der Waals surface area contributed by atoms with Crippen molar-refractivity contribution in [2.45, 2.75) is 103 Å². The van der Waals surface area contributed by atoms with Gasteiger partial charge in [0.05, 0.1) is 6.61 Å². The third kappa shape index (κ3) is 9.84. The molecule has 0 spiro atoms. The number of rotatable bonds is 14. The molecular formula is C22H38O3. The fourth-order valence-corrected chi connectivity index (χ4v) is 3.18. The van der Waals surface area contributed by atoms with Gasteiger partial charge in [0.25, 0.3) is 0 Å². The summed E-state index contributed by atoms with van der Waals surface area (Å²) in [6, 6.07) is 0. The second kappa shape index (κ2) is 13.2. The van der Waals surface area contributed by atoms with Crippen LogP contribution in [0.2, 0.25) is 0 Å². The van der Waals surface area contributed by atoms with Crippen molar-refractivity contribution in [2.75, 3.05) is 6.61 Å². The summed E-state index contributed by atoms with van der Waals surface area (Å²) in [5.41, 5.74) is 0.0347. The Bertz CT molecular complexity index is 425. The van der Waals surface area contributed by atoms with Crippen LogP contribution >= 0.6 is 0 Å². The molecule has 25 heavy (non-hydrogen) atoms. The van der Waals surface area contributed by atoms with E-state index in [0.29, 0.717) is 6.42 Å². The van der Waals surface area contributed by atoms with Crippen molar-refractivity contribution in [3.8, 4) is 0 Å². The lowest BCUT2D eigenvalue weighted by atomic mass is 9.99. The number of cyclic esters (lactones) is 1. The number of carbonyl (C=O) groups excluding carboxylic acids is 1. The lowest BCUT2D eigenvalue weighted by molar-refractivity contribution is -0.148. The standard InChI is InChI=1S/C22H38O3/c1-3-4-5-6-7-8-9-10-11-12-13-14-15-16-17-20-18-22(2,19-23)25-21(20)24/h8-9,17,23H,3-7,10-16,18-19H2,1-2H3. The van der Waals surface area contributed by atoms with Gasteiger partial charge in [-0.05, 0) is 45.4 Å². The van der Waals surface area contributed by atoms with Gasteiger partial charge in [0.1, 0.15) is 5.60 Å². The van der Waals surface area contributed by atoms with Gasteiger partial charge in [0, 0.05) is 12.0 Å². The molecule has 0 aromatic rings. The van der Waals surface area contributed by atoms with E-state index in [2.05, 4.69) is 19.1 Å². The summed E-state index contributed by atoms with van der Waals surface area (Å²) < 4.78 is 5.22. The predicted octanol–water partition coefficient (Wildman–Crippen LogP) is 5.87. The molecule has 0 aliphatic carbocycles. The average molecular weight is 351 g/mol. The number of aliphatic hydroxyl groups is 1. The topological polar surface area (TPSA) is 46.5 Å². The van der Waals surface area contributed by atoms with Gasteiger partial charge in [0.15, 0.2) is 0 Å². The van der Waals surface area contributed by atoms with Crippen molar-refractivity contribution in [3.05, 3.63) is 23.8 Å². The number of ether oxygens (including phenoxy) is 1. The number of unbranched alkanes of at least 4 members (excludes halogenated alkanes) is 10. The van der Waals surface area contributed by atoms with E-state index in [1.54, 1.807) is 6.92 Å². The van der Waals surface area contributed by atoms with Crippen LogP contribution in [0.25, 0.3) is 0 Å². The fourth-order valence-electron chi connectivity index (χ4n) is 3.18. The number of carbonyl (C=O) groups is 1. The van der Waals surface area contributed by atoms with Crippen molar-refractivity contribution < 1.29 is 14.6 Å². The highest BCUT2D eigenvalue weighted by Crippen LogP contribution is 2.30. The van der Waals surface area contributed by atoms with Crippen molar-refractivity contribution in [1.29, 1.82) is 0 Å². The molecule has 1 atom stereocenters. The lowest BCUT2D eigenvalue weighted by Gasteiger charge is -2.17. The maximum absolute atomic E-state index is 11.7. The van der Waals surface area contributed by atoms with Gasteiger partial charge in [-0.2, -0.15) is 0 Å². The minimum atomic E-state index is -0.702. The highest BCUT2D eigenvalue weighted by molar-refractivity contribution is 5.91. The Kier molecular flexibility index (Phi) is 11.6. The summed E-state index contributed by atoms with van der Waals surface area (Å²) in [5.74, 6) is -0.252. The van der Waals surface area contributed by atoms with E-state index in [0.717, 1.165) is 18.4 Å². The third-order valence-electron chi connectivity index (χ3n) is 4.86. The second-order valence-electron chi connectivity index (χ2n) is 7.57. The predicted molar refractivity (Wildman–Crippen MR) is 105 cm³/mol. The molecule has 0 bridgehead atoms. The van der Waals surface area contributed by atoms with E-state index in [1.165, 1.54) is 64.2 Å². The summed E-state index contributed by atoms with van der Waals surface area (Å²) in [4.78, 5) is 11.7. The normalized spacial score (nSPS) is 22.2. The molecule has 1 aliphatic heterocycles. The minimum Gasteiger partial charge on any atom is -0.453 e. The molecule has 1 unspecified atom stereocenters. The van der Waals surface area contributed by atoms with E-state index in [-0.39, 0.29) is 12.6 Å². The maximum Gasteiger partial charge on any atom is 0.334 e. The average Bonchev–Trinajstić information content (AvgIpc) is 2.90. The lowest BCUT2D eigenvalue weighted by Crippen LogP contribution is -2.28. The highest BCUT2D eigenvalue weighted by atomic mass is 16.6. The number of allylic oxidation sites excluding steroid dienone is 3. The van der Waals surface area contributed by atoms with Gasteiger partial charge in [-0.15, -0.1) is 0 Å². The zero-order chi connectivity index (χ0) is 18.4. The van der Waals surface area contributed by atoms with Crippen LogP contribution in [0.15, 0.2) is 23.8 Å². The van der Waals surface area contributed by atoms with Crippen LogP contribution in [-0.4, -0.2) is 23.3 Å². The van der Waals surface area contributed by atoms with Gasteiger partial charge in [-0.1, -0.05) is 63.7 Å². The first-order chi connectivity index (χ1) is 12.1. The first-order valence-electron chi connectivity index (χ1n) is 10.3. The number of hydrogen-bond acceptors (Lipinski definition) is 3. The minimum absolute atomic E-state index is 0.108. The van der Waals surface area contributed by atoms with Crippen LogP contribution in [-0.2, 0) is 9.53 Å². The SMILES string of the molecule is CCCCCCC=CCCCCCCCC=C1CC(C)(CO)OC1=O. The first-order valence-corrected chi connectivity index (χ1v) is 10.3. The number of hydrogen-bond donors (Lipinski definition) is 1. The van der Waals surface area contributed by atoms with Crippen LogP contribution in [0, 0.1) is 0 Å². The van der Waals surface area contributed by atoms with E-state index in [4.69, 9.17) is 4.74 Å². The molecule has 0 radical (unpaired) electrons. The molecule has 1 rings (SSSR count). The van der Waals surface area contributed by atoms with Crippen molar-refractivity contribution >= 4 is 5.97 Å². The molecule has 1 aliphatic rings. The second-order valence-corrected chi connectivity index (χ2v) is 7.57. The van der Waals surface area contributed by atoms with Crippen LogP contribution in [0.5, 0.6) is 0 Å². The number of esters is 1. The monoisotopic (exact) mass is 350 g/mol. The van der Waals surface area contributed by atoms with E-state index < -0.39 is 5.60 Å². The van der Waals surface area contributed by atoms with Gasteiger partial charge >= 0.3 is 5.97 Å². The van der Waals surface area contributed by atoms with Crippen LogP contribution in [0.4, 0.5) is 0 Å². The van der Waals surface area contributed by atoms with Gasteiger partial charge in [-0.3, -0.25) is 0 Å². The van der Waals surface area contributed by atoms with Crippen molar-refractivity contribution in [1.82, 2.24) is 0 Å². The molecule has 1 N–H and O–H groups in total. The molecule has 0 saturated carbocycles. The fraction of sp³-hybridized carbons (Fsp3) is 0.773. The maximum atomic E-state index is 11.7. The van der Waals surface area contributed by atoms with E-state index >= 15 is 0 Å². The molecule has 0 aromatic heterocycles. The molecule has 3 heteroatoms. The van der Waals surface area contributed by atoms with Crippen molar-refractivity contribution in [3.63, 3.8) is 0 Å². The quantitative estimate of drug-likeness (QED) is 0.184. The first kappa shape index (κ1) is 22.0. The molecule has 144 valence electrons. The third-order valence-corrected chi connectivity index (χ3v) is 4.86. The van der Waals surface area contributed by atoms with Crippen LogP contribution < -0.4 is 0 Å². The Morgan fingerprint density at radius 2 is 1.52 bits per heavy atom. The molecule has 0 amide bonds. The largest absolute Gasteiger partial charge is 0.453 e. The smallest absolute Gasteiger partial charge is 0.334 e. The Morgan fingerprint density at radius 1 is 0.960 bits per heavy atom. The Balaban J connectivity index is 1.95. The van der Waals surface area contributed by atoms with Gasteiger partial charge < -0.3 is 9.84 Å². The van der Waals surface area contributed by atoms with E-state index in [1.807, 2.05) is 6.08 Å². The Morgan fingerprint density at radius 3 is 2.08 bits per heavy atom. The molecule has 1 heterocycles. The summed E-state index contributed by atoms with van der Waals surface area (Å²) in [7, 11) is 0. The van der Waals surface area contributed by atoms with Crippen LogP contribution in [0.3, 0.4) is 0 Å². The number of aliphatic hydroxyl groups excluding tert-OH is 1. The zero-order valence-electron chi connectivity index (χ0n) is 16.4. The van der Waals surface area contributed by atoms with E-state index in [9.17, 15) is 9.90 Å². The Hall–Kier alpha value is -1.09. The molecule has 0 aromatic carbocycles. The van der Waals surface area contributed by atoms with Crippen LogP contribution in [0.1, 0.15) is 97.3 Å². The van der Waals surface area contributed by atoms with Gasteiger partial charge in [0.2, 0.25) is 0 Å². The zero-order valence-corrected chi connectivity index (χ0v) is 16.4. The summed E-state index contributed by atoms with van der Waals surface area (Å²) in [5, 5.41) is 9.25. The highest BCUT2D eigenvalue weighted by Gasteiger charge is 2.38. The molecule has 1 fully saturated rings. The Labute approximate surface area is 154 Å². The van der Waals surface area contributed by atoms with Crippen molar-refractivity contribution in [2.24, 2.45) is 0 Å². The molecular weight excluding hydrogens is 312 g/mol. The summed E-state index contributed by atoms with van der Waals surface area (Å²) >= 11 is 0. The molecule has 3 nitrogen and oxygen atoms in total. The summed E-state index contributed by atoms with van der Waals surface area (Å²) in [6.07, 6.45) is 22.2. The van der Waals surface area contributed by atoms with Gasteiger partial charge in [-0.25, -0.2) is 4.79 Å².